The number of aromatic nitrogens is 1. The minimum atomic E-state index is -0.402. The molecule has 0 aliphatic heterocycles. The number of aryl methyl sites for hydroxylation is 1. The van der Waals surface area contributed by atoms with E-state index in [1.807, 2.05) is 25.1 Å². The monoisotopic (exact) mass is 296 g/mol. The molecule has 0 fully saturated rings. The topological polar surface area (TPSA) is 83.5 Å². The first-order chi connectivity index (χ1) is 10.6. The summed E-state index contributed by atoms with van der Waals surface area (Å²) in [5, 5.41) is 6.32. The van der Waals surface area contributed by atoms with Crippen molar-refractivity contribution >= 4 is 18.0 Å². The SMILES string of the molecule is Cc1ccc(C(=O)NCC(=O)N/N=C\c2cccnc2)cc1. The third-order valence-electron chi connectivity index (χ3n) is 2.81. The molecule has 1 aromatic heterocycles. The fraction of sp³-hybridized carbons (Fsp3) is 0.125. The summed E-state index contributed by atoms with van der Waals surface area (Å²) in [6.45, 7) is 1.80. The predicted molar refractivity (Wildman–Crippen MR) is 83.5 cm³/mol. The Morgan fingerprint density at radius 1 is 1.23 bits per heavy atom. The van der Waals surface area contributed by atoms with Gasteiger partial charge in [0, 0.05) is 23.5 Å². The van der Waals surface area contributed by atoms with E-state index in [4.69, 9.17) is 0 Å². The van der Waals surface area contributed by atoms with Gasteiger partial charge in [-0.2, -0.15) is 5.10 Å². The Hall–Kier alpha value is -3.02. The van der Waals surface area contributed by atoms with Crippen LogP contribution < -0.4 is 10.7 Å². The number of hydrogen-bond acceptors (Lipinski definition) is 4. The van der Waals surface area contributed by atoms with Crippen LogP contribution in [0.5, 0.6) is 0 Å². The highest BCUT2D eigenvalue weighted by Gasteiger charge is 2.06. The number of rotatable bonds is 5. The van der Waals surface area contributed by atoms with Gasteiger partial charge in [0.15, 0.2) is 0 Å². The highest BCUT2D eigenvalue weighted by molar-refractivity contribution is 5.96. The number of carbonyl (C=O) groups is 2. The molecule has 0 bridgehead atoms. The molecule has 0 atom stereocenters. The van der Waals surface area contributed by atoms with Crippen LogP contribution in [-0.4, -0.2) is 29.6 Å². The summed E-state index contributed by atoms with van der Waals surface area (Å²) in [5.41, 5.74) is 4.68. The zero-order valence-electron chi connectivity index (χ0n) is 12.1. The first kappa shape index (κ1) is 15.4. The number of hydrazone groups is 1. The number of benzene rings is 1. The Balaban J connectivity index is 1.77. The number of nitrogens with zero attached hydrogens (tertiary/aromatic N) is 2. The van der Waals surface area contributed by atoms with Crippen molar-refractivity contribution in [3.8, 4) is 0 Å². The minimum absolute atomic E-state index is 0.142. The summed E-state index contributed by atoms with van der Waals surface area (Å²) < 4.78 is 0. The van der Waals surface area contributed by atoms with Gasteiger partial charge in [-0.15, -0.1) is 0 Å². The van der Waals surface area contributed by atoms with Gasteiger partial charge in [-0.3, -0.25) is 14.6 Å². The summed E-state index contributed by atoms with van der Waals surface area (Å²) >= 11 is 0. The van der Waals surface area contributed by atoms with Crippen LogP contribution in [0.25, 0.3) is 0 Å². The second-order valence-electron chi connectivity index (χ2n) is 4.63. The minimum Gasteiger partial charge on any atom is -0.343 e. The lowest BCUT2D eigenvalue weighted by Gasteiger charge is -2.04. The smallest absolute Gasteiger partial charge is 0.259 e. The van der Waals surface area contributed by atoms with Crippen molar-refractivity contribution in [1.82, 2.24) is 15.7 Å². The van der Waals surface area contributed by atoms with E-state index in [2.05, 4.69) is 20.8 Å². The highest BCUT2D eigenvalue weighted by Crippen LogP contribution is 2.02. The summed E-state index contributed by atoms with van der Waals surface area (Å²) in [6, 6.07) is 10.7. The van der Waals surface area contributed by atoms with Crippen molar-refractivity contribution in [2.45, 2.75) is 6.92 Å². The Labute approximate surface area is 128 Å². The second-order valence-corrected chi connectivity index (χ2v) is 4.63. The molecule has 0 saturated heterocycles. The van der Waals surface area contributed by atoms with E-state index >= 15 is 0 Å². The second kappa shape index (κ2) is 7.68. The normalized spacial score (nSPS) is 10.4. The van der Waals surface area contributed by atoms with E-state index in [0.717, 1.165) is 11.1 Å². The lowest BCUT2D eigenvalue weighted by molar-refractivity contribution is -0.120. The third-order valence-corrected chi connectivity index (χ3v) is 2.81. The molecule has 0 saturated carbocycles. The molecular formula is C16H16N4O2. The van der Waals surface area contributed by atoms with Crippen LogP contribution in [0.4, 0.5) is 0 Å². The van der Waals surface area contributed by atoms with Crippen LogP contribution in [0.1, 0.15) is 21.5 Å². The van der Waals surface area contributed by atoms with E-state index in [-0.39, 0.29) is 12.5 Å². The molecule has 2 amide bonds. The molecule has 0 radical (unpaired) electrons. The van der Waals surface area contributed by atoms with Crippen molar-refractivity contribution in [2.75, 3.05) is 6.54 Å². The summed E-state index contributed by atoms with van der Waals surface area (Å²) in [6.07, 6.45) is 4.75. The Kier molecular flexibility index (Phi) is 5.37. The largest absolute Gasteiger partial charge is 0.343 e. The molecule has 1 heterocycles. The molecule has 6 nitrogen and oxygen atoms in total. The summed E-state index contributed by atoms with van der Waals surface area (Å²) in [4.78, 5) is 27.3. The molecule has 0 spiro atoms. The fourth-order valence-electron chi connectivity index (χ4n) is 1.64. The van der Waals surface area contributed by atoms with Gasteiger partial charge < -0.3 is 5.32 Å². The van der Waals surface area contributed by atoms with Crippen LogP contribution in [0.3, 0.4) is 0 Å². The van der Waals surface area contributed by atoms with Gasteiger partial charge in [0.1, 0.15) is 0 Å². The van der Waals surface area contributed by atoms with Gasteiger partial charge >= 0.3 is 0 Å². The standard InChI is InChI=1S/C16H16N4O2/c1-12-4-6-14(7-5-12)16(22)18-11-15(21)20-19-10-13-3-2-8-17-9-13/h2-10H,11H2,1H3,(H,18,22)(H,20,21)/b19-10-. The maximum atomic E-state index is 11.8. The summed E-state index contributed by atoms with van der Waals surface area (Å²) in [5.74, 6) is -0.702. The van der Waals surface area contributed by atoms with E-state index in [1.165, 1.54) is 6.21 Å². The van der Waals surface area contributed by atoms with Crippen molar-refractivity contribution in [3.05, 3.63) is 65.5 Å². The first-order valence-electron chi connectivity index (χ1n) is 6.72. The Morgan fingerprint density at radius 3 is 2.68 bits per heavy atom. The zero-order chi connectivity index (χ0) is 15.8. The van der Waals surface area contributed by atoms with Crippen molar-refractivity contribution in [3.63, 3.8) is 0 Å². The first-order valence-corrected chi connectivity index (χ1v) is 6.72. The van der Waals surface area contributed by atoms with Gasteiger partial charge in [0.05, 0.1) is 12.8 Å². The van der Waals surface area contributed by atoms with E-state index in [1.54, 1.807) is 30.6 Å². The van der Waals surface area contributed by atoms with Gasteiger partial charge in [-0.1, -0.05) is 23.8 Å². The molecule has 0 aliphatic rings. The number of nitrogens with one attached hydrogen (secondary N) is 2. The molecule has 22 heavy (non-hydrogen) atoms. The Morgan fingerprint density at radius 2 is 2.00 bits per heavy atom. The molecule has 2 aromatic rings. The average molecular weight is 296 g/mol. The maximum Gasteiger partial charge on any atom is 0.259 e. The quantitative estimate of drug-likeness (QED) is 0.644. The molecule has 0 aliphatic carbocycles. The van der Waals surface area contributed by atoms with E-state index in [9.17, 15) is 9.59 Å². The molecular weight excluding hydrogens is 280 g/mol. The van der Waals surface area contributed by atoms with E-state index < -0.39 is 5.91 Å². The molecule has 112 valence electrons. The third kappa shape index (κ3) is 4.82. The van der Waals surface area contributed by atoms with Gasteiger partial charge in [-0.25, -0.2) is 5.43 Å². The van der Waals surface area contributed by atoms with Crippen LogP contribution in [0.15, 0.2) is 53.9 Å². The van der Waals surface area contributed by atoms with E-state index in [0.29, 0.717) is 5.56 Å². The average Bonchev–Trinajstić information content (AvgIpc) is 2.54. The lowest BCUT2D eigenvalue weighted by atomic mass is 10.1. The number of carbonyl (C=O) groups excluding carboxylic acids is 2. The van der Waals surface area contributed by atoms with Crippen molar-refractivity contribution < 1.29 is 9.59 Å². The van der Waals surface area contributed by atoms with Crippen LogP contribution in [0, 0.1) is 6.92 Å². The lowest BCUT2D eigenvalue weighted by Crippen LogP contribution is -2.34. The zero-order valence-corrected chi connectivity index (χ0v) is 12.1. The van der Waals surface area contributed by atoms with Crippen molar-refractivity contribution in [2.24, 2.45) is 5.10 Å². The maximum absolute atomic E-state index is 11.8. The summed E-state index contributed by atoms with van der Waals surface area (Å²) in [7, 11) is 0. The predicted octanol–water partition coefficient (Wildman–Crippen LogP) is 1.27. The number of pyridine rings is 1. The van der Waals surface area contributed by atoms with Crippen molar-refractivity contribution in [1.29, 1.82) is 0 Å². The van der Waals surface area contributed by atoms with Crippen LogP contribution in [-0.2, 0) is 4.79 Å². The van der Waals surface area contributed by atoms with Gasteiger partial charge in [-0.05, 0) is 25.1 Å². The fourth-order valence-corrected chi connectivity index (χ4v) is 1.64. The van der Waals surface area contributed by atoms with Crippen LogP contribution >= 0.6 is 0 Å². The molecule has 6 heteroatoms. The molecule has 0 unspecified atom stereocenters. The van der Waals surface area contributed by atoms with Gasteiger partial charge in [0.2, 0.25) is 0 Å². The molecule has 2 N–H and O–H groups in total. The highest BCUT2D eigenvalue weighted by atomic mass is 16.2. The number of hydrogen-bond donors (Lipinski definition) is 2. The molecule has 2 rings (SSSR count). The van der Waals surface area contributed by atoms with Gasteiger partial charge in [0.25, 0.3) is 11.8 Å². The molecule has 1 aromatic carbocycles. The Bertz CT molecular complexity index is 666. The van der Waals surface area contributed by atoms with Crippen LogP contribution in [0.2, 0.25) is 0 Å². The number of amides is 2.